The van der Waals surface area contributed by atoms with Crippen LogP contribution < -0.4 is 10.0 Å². The number of benzene rings is 1. The summed E-state index contributed by atoms with van der Waals surface area (Å²) in [4.78, 5) is 1.31. The highest BCUT2D eigenvalue weighted by atomic mass is 32.2. The van der Waals surface area contributed by atoms with Crippen molar-refractivity contribution >= 4 is 15.7 Å². The third kappa shape index (κ3) is 3.68. The van der Waals surface area contributed by atoms with Gasteiger partial charge in [-0.1, -0.05) is 6.92 Å². The predicted molar refractivity (Wildman–Crippen MR) is 73.4 cm³/mol. The van der Waals surface area contributed by atoms with Crippen LogP contribution in [0.1, 0.15) is 25.3 Å². The fraction of sp³-hybridized carbons (Fsp3) is 0.538. The molecule has 8 heteroatoms. The fourth-order valence-electron chi connectivity index (χ4n) is 2.43. The quantitative estimate of drug-likeness (QED) is 0.910. The molecule has 118 valence electrons. The van der Waals surface area contributed by atoms with E-state index in [1.54, 1.807) is 4.90 Å². The van der Waals surface area contributed by atoms with E-state index in [0.717, 1.165) is 18.9 Å². The van der Waals surface area contributed by atoms with Gasteiger partial charge in [0.1, 0.15) is 4.90 Å². The van der Waals surface area contributed by atoms with Crippen LogP contribution in [0, 0.1) is 5.92 Å². The van der Waals surface area contributed by atoms with Gasteiger partial charge in [-0.25, -0.2) is 13.6 Å². The molecule has 0 atom stereocenters. The molecule has 0 spiro atoms. The molecule has 1 aromatic carbocycles. The third-order valence-electron chi connectivity index (χ3n) is 3.72. The number of alkyl halides is 3. The Labute approximate surface area is 121 Å². The molecule has 1 heterocycles. The van der Waals surface area contributed by atoms with Crippen LogP contribution in [0.5, 0.6) is 0 Å². The maximum absolute atomic E-state index is 12.7. The highest BCUT2D eigenvalue weighted by Crippen LogP contribution is 2.35. The summed E-state index contributed by atoms with van der Waals surface area (Å²) >= 11 is 0. The zero-order chi connectivity index (χ0) is 15.8. The van der Waals surface area contributed by atoms with Gasteiger partial charge in [0.05, 0.1) is 11.3 Å². The normalized spacial score (nSPS) is 18.0. The highest BCUT2D eigenvalue weighted by molar-refractivity contribution is 7.89. The molecule has 4 nitrogen and oxygen atoms in total. The molecule has 0 saturated carbocycles. The minimum Gasteiger partial charge on any atom is -0.370 e. The maximum Gasteiger partial charge on any atom is 0.416 e. The lowest BCUT2D eigenvalue weighted by Crippen LogP contribution is -2.34. The number of rotatable bonds is 2. The van der Waals surface area contributed by atoms with Gasteiger partial charge >= 0.3 is 6.18 Å². The molecular weight excluding hydrogens is 305 g/mol. The first-order valence-electron chi connectivity index (χ1n) is 6.58. The highest BCUT2D eigenvalue weighted by Gasteiger charge is 2.33. The van der Waals surface area contributed by atoms with E-state index in [2.05, 4.69) is 6.92 Å². The van der Waals surface area contributed by atoms with E-state index in [-0.39, 0.29) is 5.69 Å². The van der Waals surface area contributed by atoms with Gasteiger partial charge < -0.3 is 4.90 Å². The molecular formula is C13H17F3N2O2S. The van der Waals surface area contributed by atoms with E-state index < -0.39 is 26.7 Å². The molecule has 2 N–H and O–H groups in total. The van der Waals surface area contributed by atoms with Crippen LogP contribution in [0.15, 0.2) is 23.1 Å². The van der Waals surface area contributed by atoms with Crippen LogP contribution >= 0.6 is 0 Å². The zero-order valence-corrected chi connectivity index (χ0v) is 12.3. The monoisotopic (exact) mass is 322 g/mol. The number of hydrogen-bond acceptors (Lipinski definition) is 3. The molecule has 0 unspecified atom stereocenters. The molecule has 1 aliphatic heterocycles. The molecule has 1 aliphatic rings. The Morgan fingerprint density at radius 1 is 1.24 bits per heavy atom. The van der Waals surface area contributed by atoms with Gasteiger partial charge in [-0.3, -0.25) is 0 Å². The van der Waals surface area contributed by atoms with Crippen molar-refractivity contribution in [2.24, 2.45) is 11.1 Å². The maximum atomic E-state index is 12.7. The molecule has 1 saturated heterocycles. The second-order valence-electron chi connectivity index (χ2n) is 5.39. The number of nitrogens with two attached hydrogens (primary N) is 1. The fourth-order valence-corrected chi connectivity index (χ4v) is 3.21. The molecule has 1 aromatic rings. The predicted octanol–water partition coefficient (Wildman–Crippen LogP) is 2.59. The van der Waals surface area contributed by atoms with Crippen LogP contribution in [0.2, 0.25) is 0 Å². The molecule has 0 amide bonds. The minimum atomic E-state index is -4.60. The first-order valence-corrected chi connectivity index (χ1v) is 8.12. The van der Waals surface area contributed by atoms with Crippen LogP contribution in [-0.4, -0.2) is 21.5 Å². The lowest BCUT2D eigenvalue weighted by Gasteiger charge is -2.33. The van der Waals surface area contributed by atoms with Crippen molar-refractivity contribution in [1.82, 2.24) is 0 Å². The number of anilines is 1. The summed E-state index contributed by atoms with van der Waals surface area (Å²) in [5.41, 5.74) is -0.766. The summed E-state index contributed by atoms with van der Waals surface area (Å²) in [5.74, 6) is 0.522. The molecule has 0 radical (unpaired) electrons. The minimum absolute atomic E-state index is 0.248. The number of piperidine rings is 1. The van der Waals surface area contributed by atoms with Crippen LogP contribution in [0.25, 0.3) is 0 Å². The lowest BCUT2D eigenvalue weighted by molar-refractivity contribution is -0.137. The SMILES string of the molecule is CC1CCN(c2ccc(C(F)(F)F)cc2S(N)(=O)=O)CC1. The van der Waals surface area contributed by atoms with Crippen molar-refractivity contribution in [2.75, 3.05) is 18.0 Å². The van der Waals surface area contributed by atoms with Gasteiger partial charge in [0.2, 0.25) is 10.0 Å². The Kier molecular flexibility index (Phi) is 4.21. The number of hydrogen-bond donors (Lipinski definition) is 1. The average Bonchev–Trinajstić information content (AvgIpc) is 2.37. The van der Waals surface area contributed by atoms with Crippen molar-refractivity contribution in [1.29, 1.82) is 0 Å². The van der Waals surface area contributed by atoms with Gasteiger partial charge in [-0.15, -0.1) is 0 Å². The van der Waals surface area contributed by atoms with Gasteiger partial charge in [-0.05, 0) is 37.0 Å². The summed E-state index contributed by atoms with van der Waals surface area (Å²) in [6.07, 6.45) is -2.87. The molecule has 0 bridgehead atoms. The van der Waals surface area contributed by atoms with Crippen LogP contribution in [0.4, 0.5) is 18.9 Å². The third-order valence-corrected chi connectivity index (χ3v) is 4.66. The number of nitrogens with zero attached hydrogens (tertiary/aromatic N) is 1. The van der Waals surface area contributed by atoms with Crippen molar-refractivity contribution in [3.63, 3.8) is 0 Å². The largest absolute Gasteiger partial charge is 0.416 e. The summed E-state index contributed by atoms with van der Waals surface area (Å²) < 4.78 is 61.4. The summed E-state index contributed by atoms with van der Waals surface area (Å²) in [6, 6.07) is 2.70. The average molecular weight is 322 g/mol. The van der Waals surface area contributed by atoms with E-state index in [0.29, 0.717) is 25.1 Å². The molecule has 21 heavy (non-hydrogen) atoms. The second kappa shape index (κ2) is 5.49. The molecule has 0 aliphatic carbocycles. The van der Waals surface area contributed by atoms with Gasteiger partial charge in [-0.2, -0.15) is 13.2 Å². The summed E-state index contributed by atoms with van der Waals surface area (Å²) in [5, 5.41) is 5.08. The summed E-state index contributed by atoms with van der Waals surface area (Å²) in [6.45, 7) is 3.30. The van der Waals surface area contributed by atoms with Crippen LogP contribution in [-0.2, 0) is 16.2 Å². The molecule has 2 rings (SSSR count). The van der Waals surface area contributed by atoms with Gasteiger partial charge in [0.25, 0.3) is 0 Å². The standard InChI is InChI=1S/C13H17F3N2O2S/c1-9-4-6-18(7-5-9)11-3-2-10(13(14,15)16)8-12(11)21(17,19)20/h2-3,8-9H,4-7H2,1H3,(H2,17,19,20). The van der Waals surface area contributed by atoms with Crippen LogP contribution in [0.3, 0.4) is 0 Å². The lowest BCUT2D eigenvalue weighted by atomic mass is 9.98. The first-order chi connectivity index (χ1) is 9.59. The Morgan fingerprint density at radius 3 is 2.29 bits per heavy atom. The van der Waals surface area contributed by atoms with E-state index in [1.165, 1.54) is 6.07 Å². The van der Waals surface area contributed by atoms with Gasteiger partial charge in [0, 0.05) is 13.1 Å². The van der Waals surface area contributed by atoms with Crippen molar-refractivity contribution in [3.05, 3.63) is 23.8 Å². The van der Waals surface area contributed by atoms with Crippen molar-refractivity contribution in [2.45, 2.75) is 30.8 Å². The Hall–Kier alpha value is -1.28. The first kappa shape index (κ1) is 16.1. The van der Waals surface area contributed by atoms with E-state index in [9.17, 15) is 21.6 Å². The summed E-state index contributed by atoms with van der Waals surface area (Å²) in [7, 11) is -4.22. The number of primary sulfonamides is 1. The number of sulfonamides is 1. The Morgan fingerprint density at radius 2 is 1.81 bits per heavy atom. The van der Waals surface area contributed by atoms with E-state index in [1.807, 2.05) is 0 Å². The van der Waals surface area contributed by atoms with E-state index >= 15 is 0 Å². The van der Waals surface area contributed by atoms with E-state index in [4.69, 9.17) is 5.14 Å². The zero-order valence-electron chi connectivity index (χ0n) is 11.5. The topological polar surface area (TPSA) is 63.4 Å². The number of halogens is 3. The Balaban J connectivity index is 2.46. The van der Waals surface area contributed by atoms with Crippen molar-refractivity contribution in [3.8, 4) is 0 Å². The molecule has 1 fully saturated rings. The smallest absolute Gasteiger partial charge is 0.370 e. The molecule has 0 aromatic heterocycles. The second-order valence-corrected chi connectivity index (χ2v) is 6.92. The van der Waals surface area contributed by atoms with Crippen molar-refractivity contribution < 1.29 is 21.6 Å². The Bertz CT molecular complexity index is 621. The van der Waals surface area contributed by atoms with Gasteiger partial charge in [0.15, 0.2) is 0 Å².